The highest BCUT2D eigenvalue weighted by Gasteiger charge is 2.59. The topological polar surface area (TPSA) is 107 Å². The standard InChI is InChI=1S/C29H34F3N5O4S/c1-4-41-28(40)22-20(14-37-15-29(31,32)24-21(37)9-12-36(24)11-8-16(2)27(38)39)34-25(26-33-10-13-42-26)35-23(22)18-6-5-7-19(30)17(18)3/h5-7,10,13,16,21,23-24H,4,8-9,11-12,14-15H2,1-3H3,(H,34,35)(H,38,39)/t16?,21?,23-,24?/m0/s1. The van der Waals surface area contributed by atoms with E-state index in [4.69, 9.17) is 9.73 Å². The lowest BCUT2D eigenvalue weighted by Gasteiger charge is -2.31. The second kappa shape index (κ2) is 12.1. The summed E-state index contributed by atoms with van der Waals surface area (Å²) < 4.78 is 51.2. The highest BCUT2D eigenvalue weighted by molar-refractivity contribution is 7.11. The molecule has 2 aromatic rings. The fourth-order valence-electron chi connectivity index (χ4n) is 6.12. The third kappa shape index (κ3) is 5.82. The molecule has 3 aliphatic heterocycles. The van der Waals surface area contributed by atoms with Gasteiger partial charge in [-0.15, -0.1) is 11.3 Å². The molecule has 4 heterocycles. The van der Waals surface area contributed by atoms with Crippen LogP contribution in [0.25, 0.3) is 0 Å². The summed E-state index contributed by atoms with van der Waals surface area (Å²) in [5.41, 5.74) is 1.29. The van der Waals surface area contributed by atoms with E-state index in [0.29, 0.717) is 40.6 Å². The third-order valence-electron chi connectivity index (χ3n) is 8.28. The van der Waals surface area contributed by atoms with Crippen LogP contribution in [-0.4, -0.2) is 88.5 Å². The van der Waals surface area contributed by atoms with Gasteiger partial charge in [-0.25, -0.2) is 22.9 Å². The number of nitrogens with zero attached hydrogens (tertiary/aromatic N) is 4. The van der Waals surface area contributed by atoms with Crippen LogP contribution >= 0.6 is 11.3 Å². The Morgan fingerprint density at radius 3 is 2.79 bits per heavy atom. The van der Waals surface area contributed by atoms with Gasteiger partial charge in [0.1, 0.15) is 11.9 Å². The van der Waals surface area contributed by atoms with Crippen LogP contribution in [0.1, 0.15) is 48.9 Å². The zero-order valence-corrected chi connectivity index (χ0v) is 24.5. The number of aliphatic imine (C=N–C) groups is 1. The number of nitrogens with one attached hydrogen (secondary N) is 1. The van der Waals surface area contributed by atoms with Crippen LogP contribution in [0.4, 0.5) is 13.2 Å². The van der Waals surface area contributed by atoms with Gasteiger partial charge in [-0.05, 0) is 50.4 Å². The van der Waals surface area contributed by atoms with Gasteiger partial charge in [-0.3, -0.25) is 19.6 Å². The summed E-state index contributed by atoms with van der Waals surface area (Å²) >= 11 is 1.32. The number of carbonyl (C=O) groups excluding carboxylic acids is 1. The van der Waals surface area contributed by atoms with Crippen molar-refractivity contribution >= 4 is 29.1 Å². The van der Waals surface area contributed by atoms with Crippen molar-refractivity contribution in [1.82, 2.24) is 20.1 Å². The van der Waals surface area contributed by atoms with E-state index in [1.807, 2.05) is 0 Å². The number of hydrogen-bond donors (Lipinski definition) is 2. The molecule has 0 spiro atoms. The number of ether oxygens (including phenoxy) is 1. The van der Waals surface area contributed by atoms with Gasteiger partial charge in [-0.2, -0.15) is 0 Å². The monoisotopic (exact) mass is 605 g/mol. The summed E-state index contributed by atoms with van der Waals surface area (Å²) in [4.78, 5) is 37.2. The minimum atomic E-state index is -3.04. The number of halogens is 3. The van der Waals surface area contributed by atoms with Gasteiger partial charge in [0, 0.05) is 36.4 Å². The van der Waals surface area contributed by atoms with E-state index in [-0.39, 0.29) is 31.7 Å². The molecule has 5 rings (SSSR count). The second-order valence-electron chi connectivity index (χ2n) is 10.9. The van der Waals surface area contributed by atoms with E-state index >= 15 is 8.78 Å². The van der Waals surface area contributed by atoms with Gasteiger partial charge >= 0.3 is 11.9 Å². The summed E-state index contributed by atoms with van der Waals surface area (Å²) in [6.45, 7) is 5.08. The number of fused-ring (bicyclic) bond motifs is 1. The Balaban J connectivity index is 1.51. The number of alkyl halides is 2. The molecule has 4 atom stereocenters. The summed E-state index contributed by atoms with van der Waals surface area (Å²) in [6, 6.07) is 2.06. The quantitative estimate of drug-likeness (QED) is 0.392. The van der Waals surface area contributed by atoms with E-state index < -0.39 is 54.3 Å². The zero-order chi connectivity index (χ0) is 30.2. The first-order valence-corrected chi connectivity index (χ1v) is 14.9. The lowest BCUT2D eigenvalue weighted by atomic mass is 9.92. The average molecular weight is 606 g/mol. The van der Waals surface area contributed by atoms with Gasteiger partial charge in [0.2, 0.25) is 0 Å². The van der Waals surface area contributed by atoms with E-state index in [1.54, 1.807) is 54.3 Å². The number of hydrogen-bond acceptors (Lipinski definition) is 9. The van der Waals surface area contributed by atoms with Gasteiger partial charge in [0.15, 0.2) is 10.8 Å². The second-order valence-corrected chi connectivity index (χ2v) is 11.8. The van der Waals surface area contributed by atoms with Crippen molar-refractivity contribution in [3.8, 4) is 0 Å². The number of esters is 1. The van der Waals surface area contributed by atoms with Crippen molar-refractivity contribution in [2.75, 3.05) is 32.8 Å². The number of likely N-dealkylation sites (tertiary alicyclic amines) is 2. The molecule has 3 unspecified atom stereocenters. The fourth-order valence-corrected chi connectivity index (χ4v) is 6.71. The lowest BCUT2D eigenvalue weighted by molar-refractivity contribution is -0.141. The van der Waals surface area contributed by atoms with Crippen molar-refractivity contribution in [2.45, 2.75) is 57.7 Å². The first kappa shape index (κ1) is 30.2. The number of aliphatic carboxylic acids is 1. The molecule has 226 valence electrons. The van der Waals surface area contributed by atoms with Crippen LogP contribution in [0.15, 0.2) is 46.0 Å². The van der Waals surface area contributed by atoms with Gasteiger partial charge in [0.05, 0.1) is 30.7 Å². The fraction of sp³-hybridized carbons (Fsp3) is 0.517. The summed E-state index contributed by atoms with van der Waals surface area (Å²) in [6.07, 6.45) is 2.36. The first-order chi connectivity index (χ1) is 20.0. The summed E-state index contributed by atoms with van der Waals surface area (Å²) in [5, 5.41) is 14.8. The van der Waals surface area contributed by atoms with Crippen LogP contribution in [0.3, 0.4) is 0 Å². The maximum Gasteiger partial charge on any atom is 0.338 e. The van der Waals surface area contributed by atoms with E-state index in [2.05, 4.69) is 10.3 Å². The molecule has 1 aromatic heterocycles. The van der Waals surface area contributed by atoms with Crippen molar-refractivity contribution < 1.29 is 32.6 Å². The molecule has 2 saturated heterocycles. The number of carboxylic acid groups (broad SMARTS) is 1. The van der Waals surface area contributed by atoms with Crippen LogP contribution in [-0.2, 0) is 14.3 Å². The number of thiazole rings is 1. The molecule has 9 nitrogen and oxygen atoms in total. The molecule has 1 aromatic carbocycles. The van der Waals surface area contributed by atoms with E-state index in [0.717, 1.165) is 0 Å². The molecule has 2 N–H and O–H groups in total. The minimum absolute atomic E-state index is 0.0144. The smallest absolute Gasteiger partial charge is 0.338 e. The minimum Gasteiger partial charge on any atom is -0.481 e. The van der Waals surface area contributed by atoms with Crippen molar-refractivity contribution in [1.29, 1.82) is 0 Å². The Hall–Kier alpha value is -3.29. The maximum atomic E-state index is 15.6. The zero-order valence-electron chi connectivity index (χ0n) is 23.6. The molecule has 0 bridgehead atoms. The number of carboxylic acids is 1. The number of aromatic nitrogens is 1. The average Bonchev–Trinajstić information content (AvgIpc) is 3.68. The van der Waals surface area contributed by atoms with Crippen LogP contribution < -0.4 is 5.32 Å². The Kier molecular flexibility index (Phi) is 8.72. The molecule has 0 radical (unpaired) electrons. The highest BCUT2D eigenvalue weighted by Crippen LogP contribution is 2.43. The van der Waals surface area contributed by atoms with Crippen LogP contribution in [0.5, 0.6) is 0 Å². The molecule has 42 heavy (non-hydrogen) atoms. The maximum absolute atomic E-state index is 15.6. The first-order valence-electron chi connectivity index (χ1n) is 14.0. The number of rotatable bonds is 10. The van der Waals surface area contributed by atoms with Crippen LogP contribution in [0.2, 0.25) is 0 Å². The summed E-state index contributed by atoms with van der Waals surface area (Å²) in [7, 11) is 0. The number of carbonyl (C=O) groups is 2. The predicted molar refractivity (Wildman–Crippen MR) is 151 cm³/mol. The molecule has 13 heteroatoms. The molecular weight excluding hydrogens is 571 g/mol. The Morgan fingerprint density at radius 2 is 2.10 bits per heavy atom. The Bertz CT molecular complexity index is 1400. The SMILES string of the molecule is CCOC(=O)C1=C(CN2CC(F)(F)C3C2CCN3CCC(C)C(=O)O)NC(c2nccs2)=N[C@H]1c1cccc(F)c1C. The van der Waals surface area contributed by atoms with Crippen molar-refractivity contribution in [2.24, 2.45) is 10.9 Å². The highest BCUT2D eigenvalue weighted by atomic mass is 32.1. The molecule has 0 amide bonds. The Morgan fingerprint density at radius 1 is 1.31 bits per heavy atom. The normalized spacial score (nSPS) is 24.7. The van der Waals surface area contributed by atoms with Gasteiger partial charge < -0.3 is 15.2 Å². The molecular formula is C29H34F3N5O4S. The largest absolute Gasteiger partial charge is 0.481 e. The number of amidine groups is 1. The molecule has 2 fully saturated rings. The molecule has 0 saturated carbocycles. The van der Waals surface area contributed by atoms with Crippen molar-refractivity contribution in [3.05, 3.63) is 63.0 Å². The third-order valence-corrected chi connectivity index (χ3v) is 9.06. The van der Waals surface area contributed by atoms with Crippen LogP contribution in [0, 0.1) is 18.7 Å². The van der Waals surface area contributed by atoms with Gasteiger partial charge in [-0.1, -0.05) is 19.1 Å². The number of benzene rings is 1. The van der Waals surface area contributed by atoms with Gasteiger partial charge in [0.25, 0.3) is 5.92 Å². The molecule has 3 aliphatic rings. The predicted octanol–water partition coefficient (Wildman–Crippen LogP) is 4.00. The lowest BCUT2D eigenvalue weighted by Crippen LogP contribution is -2.46. The molecule has 0 aliphatic carbocycles. The Labute approximate surface area is 246 Å². The summed E-state index contributed by atoms with van der Waals surface area (Å²) in [5.74, 6) is -5.38. The van der Waals surface area contributed by atoms with Crippen molar-refractivity contribution in [3.63, 3.8) is 0 Å². The van der Waals surface area contributed by atoms with E-state index in [9.17, 15) is 19.1 Å². The van der Waals surface area contributed by atoms with E-state index in [1.165, 1.54) is 17.4 Å².